The second kappa shape index (κ2) is 13.7. The number of hydrogen-bond acceptors (Lipinski definition) is 4. The van der Waals surface area contributed by atoms with Crippen LogP contribution in [-0.4, -0.2) is 19.1 Å². The third-order valence-electron chi connectivity index (χ3n) is 13.9. The SMILES string of the molecule is N#Cc1ccc2c(c1)c1cc(-c3ccc4c(c3)C3(c5cc(-c6ccc7c(c6)c6ccccc6n7-c6ccccc6)ccc5O4)c4cccnc4-c4ncccc43)ccc1n2-c1ccccc1. The van der Waals surface area contributed by atoms with Crippen molar-refractivity contribution >= 4 is 43.6 Å². The zero-order valence-corrected chi connectivity index (χ0v) is 35.4. The number of fused-ring (bicyclic) bond motifs is 15. The van der Waals surface area contributed by atoms with Crippen molar-refractivity contribution in [3.05, 3.63) is 240 Å². The number of nitrogens with zero attached hydrogens (tertiary/aromatic N) is 5. The summed E-state index contributed by atoms with van der Waals surface area (Å²) in [7, 11) is 0. The molecule has 4 aromatic heterocycles. The Balaban J connectivity index is 0.985. The van der Waals surface area contributed by atoms with Gasteiger partial charge in [0.2, 0.25) is 0 Å². The number of para-hydroxylation sites is 3. The molecule has 6 nitrogen and oxygen atoms in total. The second-order valence-corrected chi connectivity index (χ2v) is 17.2. The van der Waals surface area contributed by atoms with Gasteiger partial charge in [0.15, 0.2) is 0 Å². The van der Waals surface area contributed by atoms with Crippen molar-refractivity contribution in [1.82, 2.24) is 19.1 Å². The van der Waals surface area contributed by atoms with E-state index in [0.717, 1.165) is 106 Å². The summed E-state index contributed by atoms with van der Waals surface area (Å²) in [6, 6.07) is 73.3. The van der Waals surface area contributed by atoms with E-state index < -0.39 is 5.41 Å². The first kappa shape index (κ1) is 36.4. The van der Waals surface area contributed by atoms with Gasteiger partial charge in [-0.25, -0.2) is 0 Å². The minimum absolute atomic E-state index is 0.630. The molecule has 0 saturated carbocycles. The van der Waals surface area contributed by atoms with E-state index in [1.807, 2.05) is 42.7 Å². The molecule has 66 heavy (non-hydrogen) atoms. The van der Waals surface area contributed by atoms with Gasteiger partial charge in [-0.2, -0.15) is 5.26 Å². The summed E-state index contributed by atoms with van der Waals surface area (Å²) < 4.78 is 11.6. The van der Waals surface area contributed by atoms with E-state index in [1.54, 1.807) is 0 Å². The molecule has 0 bridgehead atoms. The third-order valence-corrected chi connectivity index (χ3v) is 13.9. The lowest BCUT2D eigenvalue weighted by atomic mass is 9.65. The van der Waals surface area contributed by atoms with Gasteiger partial charge < -0.3 is 13.9 Å². The minimum atomic E-state index is -0.787. The molecule has 2 aliphatic rings. The maximum atomic E-state index is 9.97. The Morgan fingerprint density at radius 1 is 0.394 bits per heavy atom. The van der Waals surface area contributed by atoms with Gasteiger partial charge in [0.25, 0.3) is 0 Å². The normalized spacial score (nSPS) is 13.1. The molecule has 12 aromatic rings. The predicted molar refractivity (Wildman–Crippen MR) is 264 cm³/mol. The van der Waals surface area contributed by atoms with E-state index in [4.69, 9.17) is 14.7 Å². The zero-order chi connectivity index (χ0) is 43.5. The van der Waals surface area contributed by atoms with E-state index in [9.17, 15) is 5.26 Å². The van der Waals surface area contributed by atoms with Crippen molar-refractivity contribution in [2.45, 2.75) is 5.41 Å². The van der Waals surface area contributed by atoms with Crippen LogP contribution in [0.3, 0.4) is 0 Å². The van der Waals surface area contributed by atoms with Gasteiger partial charge in [-0.3, -0.25) is 9.97 Å². The molecular weight excluding hydrogens is 807 g/mol. The molecule has 0 saturated heterocycles. The van der Waals surface area contributed by atoms with Gasteiger partial charge in [-0.05, 0) is 143 Å². The molecule has 0 radical (unpaired) electrons. The Labute approximate surface area is 379 Å². The highest BCUT2D eigenvalue weighted by Crippen LogP contribution is 2.62. The van der Waals surface area contributed by atoms with Crippen LogP contribution in [0.15, 0.2) is 213 Å². The van der Waals surface area contributed by atoms with Gasteiger partial charge in [0.1, 0.15) is 11.5 Å². The fourth-order valence-electron chi connectivity index (χ4n) is 11.1. The Morgan fingerprint density at radius 2 is 0.848 bits per heavy atom. The largest absolute Gasteiger partial charge is 0.457 e. The monoisotopic (exact) mass is 841 g/mol. The number of nitriles is 1. The highest BCUT2D eigenvalue weighted by molar-refractivity contribution is 6.12. The molecular formula is C60H35N5O. The number of aromatic nitrogens is 4. The maximum Gasteiger partial charge on any atom is 0.132 e. The van der Waals surface area contributed by atoms with Gasteiger partial charge in [-0.15, -0.1) is 0 Å². The summed E-state index contributed by atoms with van der Waals surface area (Å²) in [5, 5.41) is 14.5. The summed E-state index contributed by atoms with van der Waals surface area (Å²) in [4.78, 5) is 10.0. The highest BCUT2D eigenvalue weighted by Gasteiger charge is 2.52. The van der Waals surface area contributed by atoms with E-state index >= 15 is 0 Å². The molecule has 1 aliphatic carbocycles. The van der Waals surface area contributed by atoms with Gasteiger partial charge in [0, 0.05) is 56.4 Å². The van der Waals surface area contributed by atoms with Crippen molar-refractivity contribution in [2.75, 3.05) is 0 Å². The number of benzene rings is 8. The average molecular weight is 842 g/mol. The lowest BCUT2D eigenvalue weighted by molar-refractivity contribution is 0.436. The first-order chi connectivity index (χ1) is 32.7. The lowest BCUT2D eigenvalue weighted by Gasteiger charge is -2.39. The van der Waals surface area contributed by atoms with Gasteiger partial charge >= 0.3 is 0 Å². The van der Waals surface area contributed by atoms with Crippen LogP contribution in [-0.2, 0) is 5.41 Å². The highest BCUT2D eigenvalue weighted by atomic mass is 16.5. The third kappa shape index (κ3) is 4.99. The maximum absolute atomic E-state index is 9.97. The van der Waals surface area contributed by atoms with Crippen LogP contribution in [0.1, 0.15) is 27.8 Å². The number of pyridine rings is 2. The van der Waals surface area contributed by atoms with E-state index in [2.05, 4.69) is 185 Å². The van der Waals surface area contributed by atoms with Crippen molar-refractivity contribution in [1.29, 1.82) is 5.26 Å². The summed E-state index contributed by atoms with van der Waals surface area (Å²) in [5.41, 5.74) is 16.8. The Morgan fingerprint density at radius 3 is 1.41 bits per heavy atom. The van der Waals surface area contributed by atoms with Crippen molar-refractivity contribution < 1.29 is 4.74 Å². The molecule has 5 heterocycles. The Hall–Kier alpha value is -9.05. The molecule has 1 spiro atoms. The standard InChI is InChI=1S/C60H35N5O/c61-36-37-19-24-53-45(31-37)47-33-39(21-26-55(47)65(53)43-13-5-2-6-14-43)41-23-28-57-51(35-41)60(48-16-9-29-62-58(48)59-49(60)17-10-30-63-59)50-34-40(22-27-56(50)66-57)38-20-25-54-46(32-38)44-15-7-8-18-52(44)64(54)42-11-3-1-4-12-42/h1-35H. The summed E-state index contributed by atoms with van der Waals surface area (Å²) in [6.45, 7) is 0. The van der Waals surface area contributed by atoms with E-state index in [1.165, 1.54) is 16.3 Å². The van der Waals surface area contributed by atoms with Crippen LogP contribution in [0.25, 0.3) is 88.6 Å². The van der Waals surface area contributed by atoms with E-state index in [-0.39, 0.29) is 0 Å². The Kier molecular flexibility index (Phi) is 7.58. The number of hydrogen-bond donors (Lipinski definition) is 0. The van der Waals surface area contributed by atoms with Crippen molar-refractivity contribution in [3.8, 4) is 62.6 Å². The van der Waals surface area contributed by atoms with E-state index in [0.29, 0.717) is 5.56 Å². The second-order valence-electron chi connectivity index (χ2n) is 17.2. The lowest BCUT2D eigenvalue weighted by Crippen LogP contribution is -2.32. The molecule has 0 atom stereocenters. The van der Waals surface area contributed by atoms with Crippen molar-refractivity contribution in [2.24, 2.45) is 0 Å². The molecule has 1 aliphatic heterocycles. The van der Waals surface area contributed by atoms with Gasteiger partial charge in [0.05, 0.1) is 50.5 Å². The zero-order valence-electron chi connectivity index (χ0n) is 35.4. The summed E-state index contributed by atoms with van der Waals surface area (Å²) >= 11 is 0. The summed E-state index contributed by atoms with van der Waals surface area (Å²) in [5.74, 6) is 1.59. The molecule has 6 heteroatoms. The van der Waals surface area contributed by atoms with Crippen LogP contribution in [0.5, 0.6) is 11.5 Å². The number of ether oxygens (including phenoxy) is 1. The fraction of sp³-hybridized carbons (Fsp3) is 0.0167. The first-order valence-electron chi connectivity index (χ1n) is 22.2. The fourth-order valence-corrected chi connectivity index (χ4v) is 11.1. The molecule has 0 unspecified atom stereocenters. The first-order valence-corrected chi connectivity index (χ1v) is 22.2. The average Bonchev–Trinajstić information content (AvgIpc) is 4.00. The minimum Gasteiger partial charge on any atom is -0.457 e. The molecule has 0 fully saturated rings. The predicted octanol–water partition coefficient (Wildman–Crippen LogP) is 14.3. The van der Waals surface area contributed by atoms with Crippen molar-refractivity contribution in [3.63, 3.8) is 0 Å². The molecule has 0 amide bonds. The van der Waals surface area contributed by atoms with Gasteiger partial charge in [-0.1, -0.05) is 91.0 Å². The van der Waals surface area contributed by atoms with Crippen LogP contribution in [0.2, 0.25) is 0 Å². The molecule has 14 rings (SSSR count). The quantitative estimate of drug-likeness (QED) is 0.177. The molecule has 0 N–H and O–H groups in total. The van der Waals surface area contributed by atoms with Crippen LogP contribution in [0, 0.1) is 11.3 Å². The molecule has 306 valence electrons. The topological polar surface area (TPSA) is 68.7 Å². The smallest absolute Gasteiger partial charge is 0.132 e. The number of rotatable bonds is 4. The van der Waals surface area contributed by atoms with Crippen LogP contribution >= 0.6 is 0 Å². The summed E-state index contributed by atoms with van der Waals surface area (Å²) in [6.07, 6.45) is 3.73. The van der Waals surface area contributed by atoms with Crippen LogP contribution < -0.4 is 4.74 Å². The Bertz CT molecular complexity index is 4000. The molecule has 8 aromatic carbocycles. The van der Waals surface area contributed by atoms with Crippen LogP contribution in [0.4, 0.5) is 0 Å².